The fourth-order valence-electron chi connectivity index (χ4n) is 3.35. The largest absolute Gasteiger partial charge is 0.479 e. The third kappa shape index (κ3) is 3.36. The Labute approximate surface area is 172 Å². The Bertz CT molecular complexity index is 1240. The SMILES string of the molecule is COc1nccc2c(-c3cc(N)c(C)cc3Oc3ccc(Cl)c(F)c3)cn(C)c12. The molecule has 0 fully saturated rings. The Morgan fingerprint density at radius 2 is 1.93 bits per heavy atom. The molecule has 2 aromatic carbocycles. The predicted octanol–water partition coefficient (Wildman–Crippen LogP) is 5.72. The normalized spacial score (nSPS) is 11.1. The second-order valence-electron chi connectivity index (χ2n) is 6.75. The first-order chi connectivity index (χ1) is 13.9. The predicted molar refractivity (Wildman–Crippen MR) is 113 cm³/mol. The van der Waals surface area contributed by atoms with Gasteiger partial charge < -0.3 is 19.8 Å². The number of hydrogen-bond acceptors (Lipinski definition) is 4. The average Bonchev–Trinajstić information content (AvgIpc) is 3.04. The van der Waals surface area contributed by atoms with Crippen molar-refractivity contribution in [3.8, 4) is 28.5 Å². The van der Waals surface area contributed by atoms with Crippen LogP contribution in [0.3, 0.4) is 0 Å². The van der Waals surface area contributed by atoms with Gasteiger partial charge in [-0.2, -0.15) is 0 Å². The summed E-state index contributed by atoms with van der Waals surface area (Å²) in [4.78, 5) is 4.28. The first-order valence-corrected chi connectivity index (χ1v) is 9.28. The lowest BCUT2D eigenvalue weighted by Crippen LogP contribution is -1.95. The molecule has 2 N–H and O–H groups in total. The molecule has 0 spiro atoms. The standard InChI is InChI=1S/C22H19ClFN3O2/c1-12-8-20(29-13-4-5-17(23)18(24)9-13)15(10-19(12)25)16-11-27(2)21-14(16)6-7-26-22(21)28-3/h4-11H,25H2,1-3H3. The molecule has 0 radical (unpaired) electrons. The number of fused-ring (bicyclic) bond motifs is 1. The minimum Gasteiger partial charge on any atom is -0.479 e. The lowest BCUT2D eigenvalue weighted by atomic mass is 10.0. The van der Waals surface area contributed by atoms with Crippen molar-refractivity contribution in [3.63, 3.8) is 0 Å². The van der Waals surface area contributed by atoms with Crippen LogP contribution >= 0.6 is 11.6 Å². The van der Waals surface area contributed by atoms with Crippen molar-refractivity contribution in [1.29, 1.82) is 0 Å². The van der Waals surface area contributed by atoms with Gasteiger partial charge in [0.2, 0.25) is 5.88 Å². The molecule has 4 rings (SSSR count). The first kappa shape index (κ1) is 19.1. The lowest BCUT2D eigenvalue weighted by Gasteiger charge is -2.14. The average molecular weight is 412 g/mol. The molecule has 5 nitrogen and oxygen atoms in total. The van der Waals surface area contributed by atoms with Crippen LogP contribution in [0.25, 0.3) is 22.0 Å². The van der Waals surface area contributed by atoms with Crippen molar-refractivity contribution < 1.29 is 13.9 Å². The van der Waals surface area contributed by atoms with E-state index in [0.717, 1.165) is 27.6 Å². The maximum Gasteiger partial charge on any atom is 0.238 e. The zero-order chi connectivity index (χ0) is 20.7. The molecule has 0 aliphatic heterocycles. The van der Waals surface area contributed by atoms with Crippen LogP contribution in [-0.2, 0) is 7.05 Å². The van der Waals surface area contributed by atoms with Crippen LogP contribution < -0.4 is 15.2 Å². The zero-order valence-corrected chi connectivity index (χ0v) is 16.9. The lowest BCUT2D eigenvalue weighted by molar-refractivity contribution is 0.401. The van der Waals surface area contributed by atoms with E-state index >= 15 is 0 Å². The van der Waals surface area contributed by atoms with E-state index in [0.29, 0.717) is 23.1 Å². The van der Waals surface area contributed by atoms with Crippen LogP contribution in [0.4, 0.5) is 10.1 Å². The van der Waals surface area contributed by atoms with Gasteiger partial charge in [-0.3, -0.25) is 0 Å². The highest BCUT2D eigenvalue weighted by molar-refractivity contribution is 6.30. The van der Waals surface area contributed by atoms with E-state index in [4.69, 9.17) is 26.8 Å². The molecule has 0 unspecified atom stereocenters. The quantitative estimate of drug-likeness (QED) is 0.436. The number of aryl methyl sites for hydroxylation is 2. The summed E-state index contributed by atoms with van der Waals surface area (Å²) in [6.07, 6.45) is 3.66. The van der Waals surface area contributed by atoms with Gasteiger partial charge in [0.1, 0.15) is 22.8 Å². The van der Waals surface area contributed by atoms with Crippen LogP contribution in [0.5, 0.6) is 17.4 Å². The van der Waals surface area contributed by atoms with E-state index in [1.54, 1.807) is 19.4 Å². The van der Waals surface area contributed by atoms with Gasteiger partial charge >= 0.3 is 0 Å². The summed E-state index contributed by atoms with van der Waals surface area (Å²) in [7, 11) is 3.50. The molecular formula is C22H19ClFN3O2. The third-order valence-electron chi connectivity index (χ3n) is 4.83. The van der Waals surface area contributed by atoms with E-state index in [-0.39, 0.29) is 5.02 Å². The van der Waals surface area contributed by atoms with E-state index in [2.05, 4.69) is 4.98 Å². The topological polar surface area (TPSA) is 62.3 Å². The Hall–Kier alpha value is -3.25. The van der Waals surface area contributed by atoms with Gasteiger partial charge in [0.15, 0.2) is 0 Å². The van der Waals surface area contributed by atoms with E-state index in [9.17, 15) is 4.39 Å². The number of nitrogens with two attached hydrogens (primary N) is 1. The molecule has 0 saturated carbocycles. The third-order valence-corrected chi connectivity index (χ3v) is 5.13. The fourth-order valence-corrected chi connectivity index (χ4v) is 3.46. The molecule has 0 aliphatic rings. The highest BCUT2D eigenvalue weighted by Gasteiger charge is 2.18. The molecule has 148 valence electrons. The molecule has 7 heteroatoms. The number of benzene rings is 2. The van der Waals surface area contributed by atoms with Gasteiger partial charge in [0.25, 0.3) is 0 Å². The van der Waals surface area contributed by atoms with Crippen molar-refractivity contribution in [2.45, 2.75) is 6.92 Å². The van der Waals surface area contributed by atoms with E-state index in [1.165, 1.54) is 12.1 Å². The van der Waals surface area contributed by atoms with Crippen molar-refractivity contribution in [1.82, 2.24) is 9.55 Å². The molecule has 0 saturated heterocycles. The molecule has 2 heterocycles. The number of rotatable bonds is 4. The molecule has 4 aromatic rings. The van der Waals surface area contributed by atoms with Gasteiger partial charge in [-0.15, -0.1) is 0 Å². The molecule has 0 atom stereocenters. The van der Waals surface area contributed by atoms with Gasteiger partial charge in [-0.25, -0.2) is 9.37 Å². The Morgan fingerprint density at radius 1 is 1.14 bits per heavy atom. The smallest absolute Gasteiger partial charge is 0.238 e. The van der Waals surface area contributed by atoms with Gasteiger partial charge in [-0.1, -0.05) is 11.6 Å². The fraction of sp³-hybridized carbons (Fsp3) is 0.136. The second-order valence-corrected chi connectivity index (χ2v) is 7.16. The van der Waals surface area contributed by atoms with Crippen LogP contribution in [0.2, 0.25) is 5.02 Å². The number of anilines is 1. The number of aromatic nitrogens is 2. The first-order valence-electron chi connectivity index (χ1n) is 8.90. The van der Waals surface area contributed by atoms with Crippen molar-refractivity contribution in [2.75, 3.05) is 12.8 Å². The molecular weight excluding hydrogens is 393 g/mol. The Morgan fingerprint density at radius 3 is 2.66 bits per heavy atom. The van der Waals surface area contributed by atoms with Crippen LogP contribution in [0, 0.1) is 12.7 Å². The zero-order valence-electron chi connectivity index (χ0n) is 16.2. The number of ether oxygens (including phenoxy) is 2. The molecule has 2 aromatic heterocycles. The molecule has 29 heavy (non-hydrogen) atoms. The molecule has 0 aliphatic carbocycles. The minimum absolute atomic E-state index is 0.0414. The minimum atomic E-state index is -0.543. The van der Waals surface area contributed by atoms with Crippen LogP contribution in [0.1, 0.15) is 5.56 Å². The number of nitrogens with zero attached hydrogens (tertiary/aromatic N) is 2. The van der Waals surface area contributed by atoms with E-state index < -0.39 is 5.82 Å². The monoisotopic (exact) mass is 411 g/mol. The number of halogens is 2. The van der Waals surface area contributed by atoms with Crippen molar-refractivity contribution in [3.05, 3.63) is 65.2 Å². The van der Waals surface area contributed by atoms with Crippen LogP contribution in [-0.4, -0.2) is 16.7 Å². The van der Waals surface area contributed by atoms with Gasteiger partial charge in [0.05, 0.1) is 12.1 Å². The number of hydrogen-bond donors (Lipinski definition) is 1. The highest BCUT2D eigenvalue weighted by Crippen LogP contribution is 2.42. The summed E-state index contributed by atoms with van der Waals surface area (Å²) in [5, 5.41) is 0.981. The van der Waals surface area contributed by atoms with Crippen LogP contribution in [0.15, 0.2) is 48.8 Å². The molecule has 0 amide bonds. The second kappa shape index (κ2) is 7.29. The number of nitrogen functional groups attached to an aromatic ring is 1. The number of pyridine rings is 1. The summed E-state index contributed by atoms with van der Waals surface area (Å²) in [5.41, 5.74) is 10.2. The Balaban J connectivity index is 1.91. The number of methoxy groups -OCH3 is 1. The summed E-state index contributed by atoms with van der Waals surface area (Å²) < 4.78 is 27.3. The summed E-state index contributed by atoms with van der Waals surface area (Å²) in [5.74, 6) is 0.885. The summed E-state index contributed by atoms with van der Waals surface area (Å²) in [6.45, 7) is 1.89. The van der Waals surface area contributed by atoms with E-state index in [1.807, 2.05) is 42.9 Å². The van der Waals surface area contributed by atoms with Gasteiger partial charge in [-0.05, 0) is 42.8 Å². The maximum absolute atomic E-state index is 13.9. The van der Waals surface area contributed by atoms with Crippen molar-refractivity contribution >= 4 is 28.2 Å². The Kier molecular flexibility index (Phi) is 4.80. The summed E-state index contributed by atoms with van der Waals surface area (Å²) >= 11 is 5.79. The maximum atomic E-state index is 13.9. The van der Waals surface area contributed by atoms with Crippen molar-refractivity contribution in [2.24, 2.45) is 7.05 Å². The van der Waals surface area contributed by atoms with Gasteiger partial charge in [0, 0.05) is 47.7 Å². The summed E-state index contributed by atoms with van der Waals surface area (Å²) in [6, 6.07) is 9.96. The molecule has 0 bridgehead atoms. The highest BCUT2D eigenvalue weighted by atomic mass is 35.5.